The van der Waals surface area contributed by atoms with Crippen LogP contribution in [0, 0.1) is 0 Å². The van der Waals surface area contributed by atoms with Gasteiger partial charge in [-0.25, -0.2) is 0 Å². The molecule has 1 saturated heterocycles. The van der Waals surface area contributed by atoms with Gasteiger partial charge < -0.3 is 25.7 Å². The zero-order valence-electron chi connectivity index (χ0n) is 21.3. The second-order valence-electron chi connectivity index (χ2n) is 9.32. The number of likely N-dealkylation sites (tertiary alicyclic amines) is 1. The normalized spacial score (nSPS) is 16.6. The monoisotopic (exact) mass is 535 g/mol. The number of nitrogens with one attached hydrogen (secondary N) is 2. The molecule has 2 heterocycles. The van der Waals surface area contributed by atoms with Crippen LogP contribution in [0.2, 0.25) is 0 Å². The molecule has 0 saturated carbocycles. The number of hydrogen-bond donors (Lipinski definition) is 4. The second kappa shape index (κ2) is 12.8. The average Bonchev–Trinajstić information content (AvgIpc) is 3.65. The Labute approximate surface area is 226 Å². The number of aliphatic hydroxyl groups excluding tert-OH is 2. The maximum Gasteiger partial charge on any atom is 0.261 e. The van der Waals surface area contributed by atoms with Crippen LogP contribution in [-0.4, -0.2) is 58.1 Å². The molecule has 0 unspecified atom stereocenters. The minimum atomic E-state index is -1.88. The predicted octanol–water partition coefficient (Wildman–Crippen LogP) is 3.26. The van der Waals surface area contributed by atoms with Crippen LogP contribution in [0.1, 0.15) is 53.0 Å². The van der Waals surface area contributed by atoms with E-state index in [0.717, 1.165) is 41.5 Å². The van der Waals surface area contributed by atoms with Crippen LogP contribution >= 0.6 is 11.3 Å². The molecular formula is C29H33N3O5S. The predicted molar refractivity (Wildman–Crippen MR) is 146 cm³/mol. The third-order valence-corrected chi connectivity index (χ3v) is 7.59. The van der Waals surface area contributed by atoms with Gasteiger partial charge in [-0.15, -0.1) is 11.3 Å². The number of rotatable bonds is 10. The Hall–Kier alpha value is -3.53. The van der Waals surface area contributed by atoms with Crippen LogP contribution in [-0.2, 0) is 16.1 Å². The van der Waals surface area contributed by atoms with Crippen LogP contribution in [0.4, 0.5) is 0 Å². The summed E-state index contributed by atoms with van der Waals surface area (Å²) in [5.41, 5.74) is 3.45. The fourth-order valence-corrected chi connectivity index (χ4v) is 5.46. The highest BCUT2D eigenvalue weighted by molar-refractivity contribution is 7.12. The number of hydrogen-bond acceptors (Lipinski definition) is 6. The van der Waals surface area contributed by atoms with E-state index in [1.54, 1.807) is 0 Å². The Morgan fingerprint density at radius 2 is 1.74 bits per heavy atom. The first-order chi connectivity index (χ1) is 18.4. The SMILES string of the molecule is CCCNC(=O)c1sccc1-c1ccc(CNC(=O)[C@H](O)[C@@H](O)C(=O)N2CCC[C@@H]2c2ccccc2)cc1. The van der Waals surface area contributed by atoms with Crippen LogP contribution in [0.5, 0.6) is 0 Å². The van der Waals surface area contributed by atoms with Crippen molar-refractivity contribution in [2.24, 2.45) is 0 Å². The zero-order valence-corrected chi connectivity index (χ0v) is 22.1. The molecular weight excluding hydrogens is 502 g/mol. The lowest BCUT2D eigenvalue weighted by molar-refractivity contribution is -0.153. The molecule has 0 spiro atoms. The van der Waals surface area contributed by atoms with Gasteiger partial charge in [-0.05, 0) is 47.4 Å². The summed E-state index contributed by atoms with van der Waals surface area (Å²) >= 11 is 1.39. The Morgan fingerprint density at radius 1 is 1.00 bits per heavy atom. The highest BCUT2D eigenvalue weighted by Crippen LogP contribution is 2.32. The second-order valence-corrected chi connectivity index (χ2v) is 10.2. The number of benzene rings is 2. The molecule has 1 aromatic heterocycles. The summed E-state index contributed by atoms with van der Waals surface area (Å²) in [5, 5.41) is 28.3. The molecule has 1 fully saturated rings. The van der Waals surface area contributed by atoms with Crippen LogP contribution in [0.15, 0.2) is 66.0 Å². The maximum absolute atomic E-state index is 12.9. The molecule has 1 aliphatic rings. The van der Waals surface area contributed by atoms with Crippen LogP contribution in [0.25, 0.3) is 11.1 Å². The van der Waals surface area contributed by atoms with Crippen LogP contribution < -0.4 is 10.6 Å². The Bertz CT molecular complexity index is 1240. The van der Waals surface area contributed by atoms with Crippen molar-refractivity contribution >= 4 is 29.1 Å². The van der Waals surface area contributed by atoms with E-state index in [0.29, 0.717) is 18.0 Å². The zero-order chi connectivity index (χ0) is 27.1. The number of thiophene rings is 1. The Kier molecular flexibility index (Phi) is 9.28. The first-order valence-corrected chi connectivity index (χ1v) is 13.7. The molecule has 3 atom stereocenters. The summed E-state index contributed by atoms with van der Waals surface area (Å²) in [6.45, 7) is 3.19. The average molecular weight is 536 g/mol. The Balaban J connectivity index is 1.33. The quantitative estimate of drug-likeness (QED) is 0.318. The lowest BCUT2D eigenvalue weighted by atomic mass is 10.0. The molecule has 4 rings (SSSR count). The van der Waals surface area contributed by atoms with Crippen molar-refractivity contribution in [1.29, 1.82) is 0 Å². The smallest absolute Gasteiger partial charge is 0.261 e. The molecule has 3 aromatic rings. The topological polar surface area (TPSA) is 119 Å². The van der Waals surface area contributed by atoms with E-state index in [4.69, 9.17) is 0 Å². The van der Waals surface area contributed by atoms with Gasteiger partial charge >= 0.3 is 0 Å². The molecule has 200 valence electrons. The van der Waals surface area contributed by atoms with Crippen molar-refractivity contribution in [3.05, 3.63) is 82.0 Å². The van der Waals surface area contributed by atoms with Gasteiger partial charge in [0.15, 0.2) is 12.2 Å². The molecule has 8 nitrogen and oxygen atoms in total. The summed E-state index contributed by atoms with van der Waals surface area (Å²) in [6, 6.07) is 18.6. The van der Waals surface area contributed by atoms with Gasteiger partial charge in [0.2, 0.25) is 0 Å². The van der Waals surface area contributed by atoms with Gasteiger partial charge in [0, 0.05) is 25.2 Å². The standard InChI is InChI=1S/C29H33N3O5S/c1-2-15-30-28(36)26-22(14-17-38-26)20-12-10-19(11-13-20)18-31-27(35)24(33)25(34)29(37)32-16-6-9-23(32)21-7-4-3-5-8-21/h3-5,7-8,10-14,17,23-25,33-34H,2,6,9,15-16,18H2,1H3,(H,30,36)(H,31,35)/t23-,24-,25-/m1/s1. The van der Waals surface area contributed by atoms with Crippen LogP contribution in [0.3, 0.4) is 0 Å². The molecule has 9 heteroatoms. The van der Waals surface area contributed by atoms with Crippen molar-refractivity contribution in [1.82, 2.24) is 15.5 Å². The minimum absolute atomic E-state index is 0.0979. The highest BCUT2D eigenvalue weighted by Gasteiger charge is 2.38. The van der Waals surface area contributed by atoms with Crippen molar-refractivity contribution in [2.45, 2.75) is 51.0 Å². The summed E-state index contributed by atoms with van der Waals surface area (Å²) in [6.07, 6.45) is -1.32. The summed E-state index contributed by atoms with van der Waals surface area (Å²) < 4.78 is 0. The summed E-state index contributed by atoms with van der Waals surface area (Å²) in [4.78, 5) is 40.1. The molecule has 3 amide bonds. The van der Waals surface area contributed by atoms with Gasteiger partial charge in [0.1, 0.15) is 0 Å². The molecule has 4 N–H and O–H groups in total. The van der Waals surface area contributed by atoms with E-state index in [9.17, 15) is 24.6 Å². The number of aliphatic hydroxyl groups is 2. The van der Waals surface area contributed by atoms with E-state index >= 15 is 0 Å². The third-order valence-electron chi connectivity index (χ3n) is 6.68. The van der Waals surface area contributed by atoms with Gasteiger partial charge in [0.05, 0.1) is 10.9 Å². The minimum Gasteiger partial charge on any atom is -0.380 e. The molecule has 1 aliphatic heterocycles. The van der Waals surface area contributed by atoms with Crippen molar-refractivity contribution in [3.63, 3.8) is 0 Å². The fourth-order valence-electron chi connectivity index (χ4n) is 4.63. The largest absolute Gasteiger partial charge is 0.380 e. The van der Waals surface area contributed by atoms with Gasteiger partial charge in [-0.2, -0.15) is 0 Å². The van der Waals surface area contributed by atoms with E-state index in [1.807, 2.05) is 73.0 Å². The number of carbonyl (C=O) groups excluding carboxylic acids is 3. The van der Waals surface area contributed by atoms with E-state index in [-0.39, 0.29) is 18.5 Å². The third kappa shape index (κ3) is 6.30. The first kappa shape index (κ1) is 27.5. The number of nitrogens with zero attached hydrogens (tertiary/aromatic N) is 1. The molecule has 2 aromatic carbocycles. The first-order valence-electron chi connectivity index (χ1n) is 12.8. The lowest BCUT2D eigenvalue weighted by Gasteiger charge is -2.28. The molecule has 0 radical (unpaired) electrons. The number of carbonyl (C=O) groups is 3. The lowest BCUT2D eigenvalue weighted by Crippen LogP contribution is -2.50. The van der Waals surface area contributed by atoms with E-state index in [2.05, 4.69) is 10.6 Å². The molecule has 0 aliphatic carbocycles. The van der Waals surface area contributed by atoms with Crippen molar-refractivity contribution in [3.8, 4) is 11.1 Å². The van der Waals surface area contributed by atoms with E-state index < -0.39 is 24.0 Å². The summed E-state index contributed by atoms with van der Waals surface area (Å²) in [7, 11) is 0. The summed E-state index contributed by atoms with van der Waals surface area (Å²) in [5.74, 6) is -1.57. The molecule has 0 bridgehead atoms. The Morgan fingerprint density at radius 3 is 2.45 bits per heavy atom. The molecule has 38 heavy (non-hydrogen) atoms. The van der Waals surface area contributed by atoms with Crippen molar-refractivity contribution in [2.75, 3.05) is 13.1 Å². The fraction of sp³-hybridized carbons (Fsp3) is 0.345. The maximum atomic E-state index is 12.9. The van der Waals surface area contributed by atoms with Gasteiger partial charge in [-0.3, -0.25) is 14.4 Å². The van der Waals surface area contributed by atoms with Crippen molar-refractivity contribution < 1.29 is 24.6 Å². The van der Waals surface area contributed by atoms with Gasteiger partial charge in [0.25, 0.3) is 17.7 Å². The van der Waals surface area contributed by atoms with Gasteiger partial charge in [-0.1, -0.05) is 61.5 Å². The highest BCUT2D eigenvalue weighted by atomic mass is 32.1. The number of amides is 3. The van der Waals surface area contributed by atoms with E-state index in [1.165, 1.54) is 16.2 Å².